The summed E-state index contributed by atoms with van der Waals surface area (Å²) in [5, 5.41) is 9.24. The van der Waals surface area contributed by atoms with Crippen LogP contribution in [0.4, 0.5) is 11.4 Å². The van der Waals surface area contributed by atoms with E-state index < -0.39 is 0 Å². The molecule has 88 valence electrons. The molecule has 0 atom stereocenters. The van der Waals surface area contributed by atoms with Crippen LogP contribution < -0.4 is 11.1 Å². The Hall–Kier alpha value is -2.37. The van der Waals surface area contributed by atoms with Crippen LogP contribution in [0.15, 0.2) is 18.5 Å². The SMILES string of the molecule is Cc1ccncc1NC(=O)c1n[nH]c(C)c1N. The number of nitrogen functional groups attached to an aromatic ring is 1. The summed E-state index contributed by atoms with van der Waals surface area (Å²) in [6.07, 6.45) is 3.25. The molecule has 6 heteroatoms. The average Bonchev–Trinajstić information content (AvgIpc) is 2.63. The summed E-state index contributed by atoms with van der Waals surface area (Å²) in [4.78, 5) is 15.8. The van der Waals surface area contributed by atoms with Crippen molar-refractivity contribution in [3.63, 3.8) is 0 Å². The Labute approximate surface area is 98.3 Å². The lowest BCUT2D eigenvalue weighted by molar-refractivity contribution is 0.102. The zero-order valence-corrected chi connectivity index (χ0v) is 9.61. The first kappa shape index (κ1) is 11.1. The maximum Gasteiger partial charge on any atom is 0.278 e. The molecule has 2 aromatic rings. The van der Waals surface area contributed by atoms with Crippen LogP contribution >= 0.6 is 0 Å². The molecule has 2 heterocycles. The molecule has 0 spiro atoms. The highest BCUT2D eigenvalue weighted by molar-refractivity contribution is 6.06. The number of aryl methyl sites for hydroxylation is 2. The van der Waals surface area contributed by atoms with Crippen molar-refractivity contribution in [2.24, 2.45) is 0 Å². The topological polar surface area (TPSA) is 96.7 Å². The number of carbonyl (C=O) groups is 1. The van der Waals surface area contributed by atoms with Gasteiger partial charge in [-0.3, -0.25) is 14.9 Å². The number of rotatable bonds is 2. The van der Waals surface area contributed by atoms with Gasteiger partial charge in [-0.25, -0.2) is 0 Å². The van der Waals surface area contributed by atoms with Crippen LogP contribution in [0.25, 0.3) is 0 Å². The minimum absolute atomic E-state index is 0.200. The van der Waals surface area contributed by atoms with E-state index in [0.717, 1.165) is 5.56 Å². The van der Waals surface area contributed by atoms with E-state index in [1.807, 2.05) is 13.0 Å². The van der Waals surface area contributed by atoms with Crippen LogP contribution in [-0.4, -0.2) is 21.1 Å². The predicted molar refractivity (Wildman–Crippen MR) is 64.7 cm³/mol. The average molecular weight is 231 g/mol. The van der Waals surface area contributed by atoms with Crippen LogP contribution in [-0.2, 0) is 0 Å². The molecule has 0 aromatic carbocycles. The number of carbonyl (C=O) groups excluding carboxylic acids is 1. The molecule has 0 saturated heterocycles. The highest BCUT2D eigenvalue weighted by atomic mass is 16.2. The Morgan fingerprint density at radius 3 is 2.82 bits per heavy atom. The van der Waals surface area contributed by atoms with Gasteiger partial charge in [-0.15, -0.1) is 0 Å². The fourth-order valence-corrected chi connectivity index (χ4v) is 1.39. The highest BCUT2D eigenvalue weighted by Crippen LogP contribution is 2.16. The predicted octanol–water partition coefficient (Wildman–Crippen LogP) is 1.26. The fraction of sp³-hybridized carbons (Fsp3) is 0.182. The molecular formula is C11H13N5O. The van der Waals surface area contributed by atoms with E-state index in [1.165, 1.54) is 0 Å². The molecule has 0 aliphatic heterocycles. The zero-order valence-electron chi connectivity index (χ0n) is 9.61. The highest BCUT2D eigenvalue weighted by Gasteiger charge is 2.15. The largest absolute Gasteiger partial charge is 0.395 e. The van der Waals surface area contributed by atoms with Crippen molar-refractivity contribution in [3.05, 3.63) is 35.4 Å². The third kappa shape index (κ3) is 2.10. The number of H-pyrrole nitrogens is 1. The van der Waals surface area contributed by atoms with E-state index in [-0.39, 0.29) is 11.6 Å². The molecular weight excluding hydrogens is 218 g/mol. The van der Waals surface area contributed by atoms with Gasteiger partial charge in [0.25, 0.3) is 5.91 Å². The van der Waals surface area contributed by atoms with E-state index in [9.17, 15) is 4.79 Å². The van der Waals surface area contributed by atoms with Gasteiger partial charge in [-0.05, 0) is 25.5 Å². The third-order valence-corrected chi connectivity index (χ3v) is 2.50. The van der Waals surface area contributed by atoms with Crippen LogP contribution in [0.5, 0.6) is 0 Å². The Kier molecular flexibility index (Phi) is 2.78. The van der Waals surface area contributed by atoms with E-state index >= 15 is 0 Å². The number of aromatic amines is 1. The molecule has 4 N–H and O–H groups in total. The Balaban J connectivity index is 2.23. The van der Waals surface area contributed by atoms with Crippen molar-refractivity contribution in [1.82, 2.24) is 15.2 Å². The molecule has 2 rings (SSSR count). The van der Waals surface area contributed by atoms with Crippen molar-refractivity contribution in [3.8, 4) is 0 Å². The Bertz CT molecular complexity index is 561. The quantitative estimate of drug-likeness (QED) is 0.724. The van der Waals surface area contributed by atoms with E-state index in [0.29, 0.717) is 17.1 Å². The standard InChI is InChI=1S/C11H13N5O/c1-6-3-4-13-5-8(6)14-11(17)10-9(12)7(2)15-16-10/h3-5H,12H2,1-2H3,(H,14,17)(H,15,16). The molecule has 1 amide bonds. The maximum absolute atomic E-state index is 11.9. The zero-order chi connectivity index (χ0) is 12.4. The number of nitrogens with two attached hydrogens (primary N) is 1. The normalized spacial score (nSPS) is 10.2. The molecule has 2 aromatic heterocycles. The first-order chi connectivity index (χ1) is 8.09. The first-order valence-corrected chi connectivity index (χ1v) is 5.12. The molecule has 0 fully saturated rings. The van der Waals surface area contributed by atoms with E-state index in [2.05, 4.69) is 20.5 Å². The van der Waals surface area contributed by atoms with Gasteiger partial charge in [0.1, 0.15) is 0 Å². The van der Waals surface area contributed by atoms with Crippen molar-refractivity contribution < 1.29 is 4.79 Å². The van der Waals surface area contributed by atoms with Crippen LogP contribution in [0, 0.1) is 13.8 Å². The van der Waals surface area contributed by atoms with E-state index in [1.54, 1.807) is 19.3 Å². The van der Waals surface area contributed by atoms with Gasteiger partial charge in [-0.2, -0.15) is 5.10 Å². The molecule has 0 unspecified atom stereocenters. The monoisotopic (exact) mass is 231 g/mol. The van der Waals surface area contributed by atoms with Gasteiger partial charge < -0.3 is 11.1 Å². The molecule has 0 radical (unpaired) electrons. The lowest BCUT2D eigenvalue weighted by atomic mass is 10.2. The summed E-state index contributed by atoms with van der Waals surface area (Å²) in [5.74, 6) is -0.344. The summed E-state index contributed by atoms with van der Waals surface area (Å²) in [7, 11) is 0. The number of hydrogen-bond donors (Lipinski definition) is 3. The summed E-state index contributed by atoms with van der Waals surface area (Å²) in [6.45, 7) is 3.64. The molecule has 0 aliphatic carbocycles. The van der Waals surface area contributed by atoms with Gasteiger partial charge >= 0.3 is 0 Å². The minimum Gasteiger partial charge on any atom is -0.395 e. The molecule has 17 heavy (non-hydrogen) atoms. The number of aromatic nitrogens is 3. The second-order valence-corrected chi connectivity index (χ2v) is 3.76. The van der Waals surface area contributed by atoms with Gasteiger partial charge in [0.15, 0.2) is 5.69 Å². The van der Waals surface area contributed by atoms with Gasteiger partial charge in [-0.1, -0.05) is 0 Å². The number of nitrogens with one attached hydrogen (secondary N) is 2. The maximum atomic E-state index is 11.9. The first-order valence-electron chi connectivity index (χ1n) is 5.12. The lowest BCUT2D eigenvalue weighted by Crippen LogP contribution is -2.15. The summed E-state index contributed by atoms with van der Waals surface area (Å²) in [5.41, 5.74) is 8.55. The fourth-order valence-electron chi connectivity index (χ4n) is 1.39. The second kappa shape index (κ2) is 4.25. The molecule has 6 nitrogen and oxygen atoms in total. The number of nitrogens with zero attached hydrogens (tertiary/aromatic N) is 2. The number of hydrogen-bond acceptors (Lipinski definition) is 4. The summed E-state index contributed by atoms with van der Waals surface area (Å²) >= 11 is 0. The number of pyridine rings is 1. The lowest BCUT2D eigenvalue weighted by Gasteiger charge is -2.05. The molecule has 0 aliphatic rings. The van der Waals surface area contributed by atoms with Gasteiger partial charge in [0.2, 0.25) is 0 Å². The third-order valence-electron chi connectivity index (χ3n) is 2.50. The molecule has 0 bridgehead atoms. The minimum atomic E-state index is -0.344. The van der Waals surface area contributed by atoms with Crippen molar-refractivity contribution in [1.29, 1.82) is 0 Å². The van der Waals surface area contributed by atoms with Gasteiger partial charge in [0, 0.05) is 6.20 Å². The molecule has 0 saturated carbocycles. The Morgan fingerprint density at radius 2 is 2.24 bits per heavy atom. The Morgan fingerprint density at radius 1 is 1.47 bits per heavy atom. The summed E-state index contributed by atoms with van der Waals surface area (Å²) in [6, 6.07) is 1.81. The van der Waals surface area contributed by atoms with Crippen LogP contribution in [0.1, 0.15) is 21.7 Å². The van der Waals surface area contributed by atoms with Gasteiger partial charge in [0.05, 0.1) is 23.3 Å². The number of anilines is 2. The smallest absolute Gasteiger partial charge is 0.278 e. The van der Waals surface area contributed by atoms with Crippen molar-refractivity contribution in [2.75, 3.05) is 11.1 Å². The summed E-state index contributed by atoms with van der Waals surface area (Å²) < 4.78 is 0. The van der Waals surface area contributed by atoms with Crippen molar-refractivity contribution >= 4 is 17.3 Å². The second-order valence-electron chi connectivity index (χ2n) is 3.76. The van der Waals surface area contributed by atoms with Crippen molar-refractivity contribution in [2.45, 2.75) is 13.8 Å². The van der Waals surface area contributed by atoms with E-state index in [4.69, 9.17) is 5.73 Å². The van der Waals surface area contributed by atoms with Crippen LogP contribution in [0.2, 0.25) is 0 Å². The number of amides is 1. The van der Waals surface area contributed by atoms with Crippen LogP contribution in [0.3, 0.4) is 0 Å².